The number of ether oxygens (including phenoxy) is 3. The second-order valence-corrected chi connectivity index (χ2v) is 8.17. The number of fused-ring (bicyclic) bond motifs is 1. The van der Waals surface area contributed by atoms with Crippen molar-refractivity contribution in [3.05, 3.63) is 88.5 Å². The molecule has 1 aliphatic rings. The highest BCUT2D eigenvalue weighted by Crippen LogP contribution is 2.39. The summed E-state index contributed by atoms with van der Waals surface area (Å²) in [5, 5.41) is 0. The fraction of sp³-hybridized carbons (Fsp3) is 0.296. The number of methoxy groups -OCH3 is 2. The quantitative estimate of drug-likeness (QED) is 0.542. The van der Waals surface area contributed by atoms with Crippen LogP contribution in [-0.2, 0) is 6.42 Å². The average molecular weight is 432 g/mol. The van der Waals surface area contributed by atoms with Gasteiger partial charge in [0.15, 0.2) is 11.5 Å². The third-order valence-electron chi connectivity index (χ3n) is 5.89. The Labute approximate surface area is 189 Å². The van der Waals surface area contributed by atoms with Crippen LogP contribution in [0.5, 0.6) is 17.2 Å². The highest BCUT2D eigenvalue weighted by molar-refractivity contribution is 5.94. The highest BCUT2D eigenvalue weighted by Gasteiger charge is 2.33. The molecule has 1 atom stereocenters. The molecule has 0 saturated heterocycles. The standard InChI is InChI=1S/C27H29NO4/c1-18-12-19(2)14-22(13-18)32-17-24-23-16-26(31-4)25(30-3)15-21(23)10-11-28(24)27(29)20-8-6-5-7-9-20/h5-9,12-16,24H,10-11,17H2,1-4H3. The van der Waals surface area contributed by atoms with E-state index in [-0.39, 0.29) is 11.9 Å². The number of carbonyl (C=O) groups excluding carboxylic acids is 1. The largest absolute Gasteiger partial charge is 0.493 e. The van der Waals surface area contributed by atoms with Crippen LogP contribution < -0.4 is 14.2 Å². The summed E-state index contributed by atoms with van der Waals surface area (Å²) in [6.45, 7) is 5.07. The maximum atomic E-state index is 13.4. The first-order chi connectivity index (χ1) is 15.5. The predicted molar refractivity (Wildman–Crippen MR) is 125 cm³/mol. The molecule has 4 rings (SSSR count). The summed E-state index contributed by atoms with van der Waals surface area (Å²) in [5.41, 5.74) is 5.14. The summed E-state index contributed by atoms with van der Waals surface area (Å²) in [4.78, 5) is 15.3. The Morgan fingerprint density at radius 1 is 0.938 bits per heavy atom. The Hall–Kier alpha value is -3.47. The van der Waals surface area contributed by atoms with Crippen molar-refractivity contribution < 1.29 is 19.0 Å². The summed E-state index contributed by atoms with van der Waals surface area (Å²) in [6, 6.07) is 19.3. The maximum absolute atomic E-state index is 13.4. The first-order valence-corrected chi connectivity index (χ1v) is 10.8. The van der Waals surface area contributed by atoms with E-state index in [1.54, 1.807) is 14.2 Å². The molecule has 0 saturated carbocycles. The molecule has 0 aromatic heterocycles. The van der Waals surface area contributed by atoms with Crippen molar-refractivity contribution in [3.63, 3.8) is 0 Å². The lowest BCUT2D eigenvalue weighted by Crippen LogP contribution is -2.42. The first kappa shape index (κ1) is 21.8. The van der Waals surface area contributed by atoms with Crippen LogP contribution in [0.25, 0.3) is 0 Å². The van der Waals surface area contributed by atoms with Gasteiger partial charge >= 0.3 is 0 Å². The van der Waals surface area contributed by atoms with Gasteiger partial charge in [-0.3, -0.25) is 4.79 Å². The number of nitrogens with zero attached hydrogens (tertiary/aromatic N) is 1. The molecule has 32 heavy (non-hydrogen) atoms. The van der Waals surface area contributed by atoms with E-state index in [0.717, 1.165) is 34.4 Å². The number of amides is 1. The second kappa shape index (κ2) is 9.35. The lowest BCUT2D eigenvalue weighted by atomic mass is 9.91. The molecule has 0 N–H and O–H groups in total. The number of benzene rings is 3. The van der Waals surface area contributed by atoms with Crippen molar-refractivity contribution in [1.82, 2.24) is 4.90 Å². The van der Waals surface area contributed by atoms with Gasteiger partial charge in [0.05, 0.1) is 20.3 Å². The van der Waals surface area contributed by atoms with Crippen molar-refractivity contribution in [2.24, 2.45) is 0 Å². The van der Waals surface area contributed by atoms with Crippen LogP contribution in [0, 0.1) is 13.8 Å². The second-order valence-electron chi connectivity index (χ2n) is 8.17. The van der Waals surface area contributed by atoms with Crippen molar-refractivity contribution in [2.75, 3.05) is 27.4 Å². The molecule has 5 heteroatoms. The van der Waals surface area contributed by atoms with Gasteiger partial charge in [-0.2, -0.15) is 0 Å². The van der Waals surface area contributed by atoms with E-state index < -0.39 is 0 Å². The minimum Gasteiger partial charge on any atom is -0.493 e. The number of hydrogen-bond donors (Lipinski definition) is 0. The molecule has 0 aliphatic carbocycles. The molecule has 0 radical (unpaired) electrons. The summed E-state index contributed by atoms with van der Waals surface area (Å²) >= 11 is 0. The summed E-state index contributed by atoms with van der Waals surface area (Å²) in [6.07, 6.45) is 0.744. The van der Waals surface area contributed by atoms with Crippen LogP contribution in [0.1, 0.15) is 38.7 Å². The van der Waals surface area contributed by atoms with Gasteiger partial charge in [0.2, 0.25) is 0 Å². The zero-order valence-electron chi connectivity index (χ0n) is 19.1. The molecule has 0 fully saturated rings. The van der Waals surface area contributed by atoms with E-state index in [2.05, 4.69) is 19.9 Å². The summed E-state index contributed by atoms with van der Waals surface area (Å²) in [7, 11) is 3.26. The molecule has 166 valence electrons. The molecular weight excluding hydrogens is 402 g/mol. The smallest absolute Gasteiger partial charge is 0.254 e. The van der Waals surface area contributed by atoms with Crippen LogP contribution >= 0.6 is 0 Å². The third-order valence-corrected chi connectivity index (χ3v) is 5.89. The zero-order valence-corrected chi connectivity index (χ0v) is 19.1. The van der Waals surface area contributed by atoms with Gasteiger partial charge in [0.1, 0.15) is 12.4 Å². The maximum Gasteiger partial charge on any atom is 0.254 e. The Kier molecular flexibility index (Phi) is 6.35. The molecule has 3 aromatic carbocycles. The highest BCUT2D eigenvalue weighted by atomic mass is 16.5. The molecule has 0 bridgehead atoms. The van der Waals surface area contributed by atoms with E-state index in [0.29, 0.717) is 30.2 Å². The minimum atomic E-state index is -0.243. The molecule has 1 amide bonds. The lowest BCUT2D eigenvalue weighted by molar-refractivity contribution is 0.0589. The summed E-state index contributed by atoms with van der Waals surface area (Å²) in [5.74, 6) is 2.15. The van der Waals surface area contributed by atoms with Crippen molar-refractivity contribution in [1.29, 1.82) is 0 Å². The SMILES string of the molecule is COc1cc2c(cc1OC)C(COc1cc(C)cc(C)c1)N(C(=O)c1ccccc1)CC2. The predicted octanol–water partition coefficient (Wildman–Crippen LogP) is 5.14. The van der Waals surface area contributed by atoms with Gasteiger partial charge < -0.3 is 19.1 Å². The third kappa shape index (κ3) is 4.42. The van der Waals surface area contributed by atoms with Crippen LogP contribution in [0.2, 0.25) is 0 Å². The Morgan fingerprint density at radius 2 is 1.59 bits per heavy atom. The molecule has 1 heterocycles. The number of rotatable bonds is 6. The van der Waals surface area contributed by atoms with Crippen LogP contribution in [0.3, 0.4) is 0 Å². The van der Waals surface area contributed by atoms with Crippen molar-refractivity contribution in [3.8, 4) is 17.2 Å². The van der Waals surface area contributed by atoms with Gasteiger partial charge in [-0.15, -0.1) is 0 Å². The van der Waals surface area contributed by atoms with Crippen molar-refractivity contribution in [2.45, 2.75) is 26.3 Å². The van der Waals surface area contributed by atoms with Crippen LogP contribution in [0.4, 0.5) is 0 Å². The van der Waals surface area contributed by atoms with Crippen LogP contribution in [0.15, 0.2) is 60.7 Å². The molecule has 0 spiro atoms. The fourth-order valence-electron chi connectivity index (χ4n) is 4.39. The Balaban J connectivity index is 1.71. The van der Waals surface area contributed by atoms with Crippen molar-refractivity contribution >= 4 is 5.91 Å². The van der Waals surface area contributed by atoms with Gasteiger partial charge in [0, 0.05) is 12.1 Å². The van der Waals surface area contributed by atoms with Gasteiger partial charge in [0.25, 0.3) is 5.91 Å². The van der Waals surface area contributed by atoms with E-state index in [1.165, 1.54) is 0 Å². The normalized spacial score (nSPS) is 15.1. The number of aryl methyl sites for hydroxylation is 2. The monoisotopic (exact) mass is 431 g/mol. The van der Waals surface area contributed by atoms with Gasteiger partial charge in [-0.05, 0) is 78.9 Å². The Bertz CT molecular complexity index is 1090. The molecule has 1 unspecified atom stereocenters. The van der Waals surface area contributed by atoms with Gasteiger partial charge in [-0.25, -0.2) is 0 Å². The van der Waals surface area contributed by atoms with E-state index in [4.69, 9.17) is 14.2 Å². The van der Waals surface area contributed by atoms with E-state index in [1.807, 2.05) is 59.5 Å². The molecule has 1 aliphatic heterocycles. The van der Waals surface area contributed by atoms with Crippen LogP contribution in [-0.4, -0.2) is 38.2 Å². The molecule has 3 aromatic rings. The molecule has 5 nitrogen and oxygen atoms in total. The van der Waals surface area contributed by atoms with E-state index >= 15 is 0 Å². The number of carbonyl (C=O) groups is 1. The lowest BCUT2D eigenvalue weighted by Gasteiger charge is -2.37. The fourth-order valence-corrected chi connectivity index (χ4v) is 4.39. The minimum absolute atomic E-state index is 0.0000534. The average Bonchev–Trinajstić information content (AvgIpc) is 2.81. The molecular formula is C27H29NO4. The first-order valence-electron chi connectivity index (χ1n) is 10.8. The number of hydrogen-bond acceptors (Lipinski definition) is 4. The van der Waals surface area contributed by atoms with Gasteiger partial charge in [-0.1, -0.05) is 24.3 Å². The Morgan fingerprint density at radius 3 is 2.25 bits per heavy atom. The summed E-state index contributed by atoms with van der Waals surface area (Å²) < 4.78 is 17.3. The van der Waals surface area contributed by atoms with E-state index in [9.17, 15) is 4.79 Å². The zero-order chi connectivity index (χ0) is 22.7. The topological polar surface area (TPSA) is 48.0 Å².